The molecule has 4 unspecified atom stereocenters. The summed E-state index contributed by atoms with van der Waals surface area (Å²) in [5.41, 5.74) is 5.59. The molecule has 3 N–H and O–H groups in total. The predicted octanol–water partition coefficient (Wildman–Crippen LogP) is 1.88. The number of ether oxygens (including phenoxy) is 1. The molecule has 0 saturated heterocycles. The van der Waals surface area contributed by atoms with E-state index in [1.807, 2.05) is 20.8 Å². The minimum absolute atomic E-state index is 0.301. The normalized spacial score (nSPS) is 36.0. The molecule has 0 aromatic carbocycles. The first-order valence-corrected chi connectivity index (χ1v) is 6.57. The summed E-state index contributed by atoms with van der Waals surface area (Å²) in [6.07, 6.45) is 3.25. The molecule has 2 rings (SSSR count). The van der Waals surface area contributed by atoms with Crippen LogP contribution in [-0.2, 0) is 4.74 Å². The van der Waals surface area contributed by atoms with E-state index in [0.29, 0.717) is 23.8 Å². The predicted molar refractivity (Wildman–Crippen MR) is 66.5 cm³/mol. The molecule has 2 fully saturated rings. The minimum Gasteiger partial charge on any atom is -0.444 e. The highest BCUT2D eigenvalue weighted by molar-refractivity contribution is 5.67. The fraction of sp³-hybridized carbons (Fsp3) is 0.923. The van der Waals surface area contributed by atoms with Crippen molar-refractivity contribution in [2.75, 3.05) is 6.54 Å². The second-order valence-electron chi connectivity index (χ2n) is 6.53. The number of rotatable bonds is 2. The summed E-state index contributed by atoms with van der Waals surface area (Å²) in [6, 6.07) is 0.401. The second-order valence-corrected chi connectivity index (χ2v) is 6.53. The van der Waals surface area contributed by atoms with Crippen molar-refractivity contribution in [1.29, 1.82) is 0 Å². The van der Waals surface area contributed by atoms with Gasteiger partial charge in [-0.2, -0.15) is 0 Å². The van der Waals surface area contributed by atoms with Gasteiger partial charge < -0.3 is 15.8 Å². The van der Waals surface area contributed by atoms with Crippen LogP contribution in [0.5, 0.6) is 0 Å². The molecule has 1 amide bonds. The van der Waals surface area contributed by atoms with E-state index in [1.54, 1.807) is 0 Å². The van der Waals surface area contributed by atoms with Crippen molar-refractivity contribution < 1.29 is 9.53 Å². The minimum atomic E-state index is -0.416. The highest BCUT2D eigenvalue weighted by Crippen LogP contribution is 2.47. The summed E-state index contributed by atoms with van der Waals surface area (Å²) < 4.78 is 5.22. The molecule has 98 valence electrons. The van der Waals surface area contributed by atoms with Gasteiger partial charge in [-0.1, -0.05) is 0 Å². The molecule has 0 heterocycles. The number of nitrogens with one attached hydrogen (secondary N) is 1. The number of carbonyl (C=O) groups excluding carboxylic acids is 1. The van der Waals surface area contributed by atoms with Gasteiger partial charge in [0.25, 0.3) is 0 Å². The van der Waals surface area contributed by atoms with Crippen molar-refractivity contribution in [3.05, 3.63) is 0 Å². The molecule has 4 nitrogen and oxygen atoms in total. The lowest BCUT2D eigenvalue weighted by Gasteiger charge is -2.26. The van der Waals surface area contributed by atoms with Gasteiger partial charge >= 0.3 is 6.09 Å². The van der Waals surface area contributed by atoms with Crippen LogP contribution in [0.3, 0.4) is 0 Å². The molecule has 2 aliphatic carbocycles. The summed E-state index contributed by atoms with van der Waals surface area (Å²) in [6.45, 7) is 6.37. The third kappa shape index (κ3) is 3.12. The molecule has 2 bridgehead atoms. The standard InChI is InChI=1S/C13H24N2O2/c1-13(2,3)17-12(16)15-7-10-5-9-4-8(10)6-11(9)14/h8-11H,4-7,14H2,1-3H3,(H,15,16). The first-order valence-electron chi connectivity index (χ1n) is 6.57. The maximum Gasteiger partial charge on any atom is 0.407 e. The van der Waals surface area contributed by atoms with Crippen LogP contribution in [0.1, 0.15) is 40.0 Å². The zero-order chi connectivity index (χ0) is 12.6. The Balaban J connectivity index is 1.72. The smallest absolute Gasteiger partial charge is 0.407 e. The van der Waals surface area contributed by atoms with Gasteiger partial charge in [0, 0.05) is 12.6 Å². The Morgan fingerprint density at radius 2 is 2.00 bits per heavy atom. The average molecular weight is 240 g/mol. The van der Waals surface area contributed by atoms with E-state index in [9.17, 15) is 4.79 Å². The Labute approximate surface area is 103 Å². The van der Waals surface area contributed by atoms with Gasteiger partial charge in [0.15, 0.2) is 0 Å². The molecule has 0 radical (unpaired) electrons. The number of carbonyl (C=O) groups is 1. The summed E-state index contributed by atoms with van der Waals surface area (Å²) in [5.74, 6) is 2.00. The van der Waals surface area contributed by atoms with Gasteiger partial charge in [-0.15, -0.1) is 0 Å². The zero-order valence-corrected chi connectivity index (χ0v) is 11.0. The number of hydrogen-bond acceptors (Lipinski definition) is 3. The maximum atomic E-state index is 11.5. The van der Waals surface area contributed by atoms with Gasteiger partial charge in [0.05, 0.1) is 0 Å². The largest absolute Gasteiger partial charge is 0.444 e. The number of fused-ring (bicyclic) bond motifs is 2. The van der Waals surface area contributed by atoms with E-state index < -0.39 is 5.60 Å². The highest BCUT2D eigenvalue weighted by Gasteiger charge is 2.44. The van der Waals surface area contributed by atoms with Crippen LogP contribution in [0, 0.1) is 17.8 Å². The lowest BCUT2D eigenvalue weighted by Crippen LogP contribution is -2.38. The molecular formula is C13H24N2O2. The van der Waals surface area contributed by atoms with Gasteiger partial charge in [-0.25, -0.2) is 4.79 Å². The number of alkyl carbamates (subject to hydrolysis) is 1. The highest BCUT2D eigenvalue weighted by atomic mass is 16.6. The summed E-state index contributed by atoms with van der Waals surface area (Å²) in [7, 11) is 0. The summed E-state index contributed by atoms with van der Waals surface area (Å²) >= 11 is 0. The van der Waals surface area contributed by atoms with Crippen LogP contribution < -0.4 is 11.1 Å². The number of hydrogen-bond donors (Lipinski definition) is 2. The first-order chi connectivity index (χ1) is 7.85. The van der Waals surface area contributed by atoms with Gasteiger partial charge in [-0.05, 0) is 57.8 Å². The molecule has 2 aliphatic rings. The van der Waals surface area contributed by atoms with Crippen LogP contribution in [-0.4, -0.2) is 24.3 Å². The van der Waals surface area contributed by atoms with Crippen LogP contribution in [0.4, 0.5) is 4.79 Å². The monoisotopic (exact) mass is 240 g/mol. The molecule has 0 aromatic rings. The van der Waals surface area contributed by atoms with E-state index in [1.165, 1.54) is 12.8 Å². The van der Waals surface area contributed by atoms with Crippen molar-refractivity contribution in [1.82, 2.24) is 5.32 Å². The van der Waals surface area contributed by atoms with Crippen LogP contribution in [0.15, 0.2) is 0 Å². The van der Waals surface area contributed by atoms with E-state index in [4.69, 9.17) is 10.5 Å². The van der Waals surface area contributed by atoms with Crippen molar-refractivity contribution in [2.45, 2.75) is 51.7 Å². The topological polar surface area (TPSA) is 64.3 Å². The van der Waals surface area contributed by atoms with Gasteiger partial charge in [-0.3, -0.25) is 0 Å². The number of amides is 1. The summed E-state index contributed by atoms with van der Waals surface area (Å²) in [4.78, 5) is 11.5. The Morgan fingerprint density at radius 3 is 2.47 bits per heavy atom. The fourth-order valence-electron chi connectivity index (χ4n) is 3.22. The van der Waals surface area contributed by atoms with Crippen molar-refractivity contribution in [3.63, 3.8) is 0 Å². The Kier molecular flexibility index (Phi) is 3.34. The van der Waals surface area contributed by atoms with Gasteiger partial charge in [0.1, 0.15) is 5.60 Å². The Morgan fingerprint density at radius 1 is 1.29 bits per heavy atom. The van der Waals surface area contributed by atoms with E-state index >= 15 is 0 Å². The molecule has 0 spiro atoms. The van der Waals surface area contributed by atoms with Crippen molar-refractivity contribution in [3.8, 4) is 0 Å². The van der Waals surface area contributed by atoms with Crippen LogP contribution in [0.25, 0.3) is 0 Å². The maximum absolute atomic E-state index is 11.5. The molecule has 2 saturated carbocycles. The van der Waals surface area contributed by atoms with Gasteiger partial charge in [0.2, 0.25) is 0 Å². The molecule has 4 heteroatoms. The Hall–Kier alpha value is -0.770. The average Bonchev–Trinajstić information content (AvgIpc) is 2.70. The molecule has 0 aliphatic heterocycles. The zero-order valence-electron chi connectivity index (χ0n) is 11.0. The Bertz CT molecular complexity index is 296. The third-order valence-corrected chi connectivity index (χ3v) is 3.97. The summed E-state index contributed by atoms with van der Waals surface area (Å²) in [5, 5.41) is 2.88. The first kappa shape index (κ1) is 12.7. The van der Waals surface area contributed by atoms with E-state index in [0.717, 1.165) is 13.0 Å². The molecular weight excluding hydrogens is 216 g/mol. The molecule has 0 aromatic heterocycles. The number of nitrogens with two attached hydrogens (primary N) is 1. The molecule has 4 atom stereocenters. The van der Waals surface area contributed by atoms with E-state index in [2.05, 4.69) is 5.32 Å². The lowest BCUT2D eigenvalue weighted by molar-refractivity contribution is 0.0513. The van der Waals surface area contributed by atoms with Crippen LogP contribution >= 0.6 is 0 Å². The fourth-order valence-corrected chi connectivity index (χ4v) is 3.22. The molecule has 17 heavy (non-hydrogen) atoms. The third-order valence-electron chi connectivity index (χ3n) is 3.97. The van der Waals surface area contributed by atoms with Crippen molar-refractivity contribution in [2.24, 2.45) is 23.5 Å². The van der Waals surface area contributed by atoms with Crippen molar-refractivity contribution >= 4 is 6.09 Å². The lowest BCUT2D eigenvalue weighted by atomic mass is 9.86. The SMILES string of the molecule is CC(C)(C)OC(=O)NCC1CC2CC1CC2N. The van der Waals surface area contributed by atoms with E-state index in [-0.39, 0.29) is 6.09 Å². The quantitative estimate of drug-likeness (QED) is 0.774. The second kappa shape index (κ2) is 4.48. The van der Waals surface area contributed by atoms with Crippen LogP contribution in [0.2, 0.25) is 0 Å².